The summed E-state index contributed by atoms with van der Waals surface area (Å²) in [5.41, 5.74) is 14.4. The van der Waals surface area contributed by atoms with Gasteiger partial charge in [0.2, 0.25) is 0 Å². The number of nitrogens with zero attached hydrogens (tertiary/aromatic N) is 3. The van der Waals surface area contributed by atoms with Crippen molar-refractivity contribution in [3.05, 3.63) is 247 Å². The predicted molar refractivity (Wildman–Crippen MR) is 256 cm³/mol. The molecule has 3 nitrogen and oxygen atoms in total. The summed E-state index contributed by atoms with van der Waals surface area (Å²) in [6.45, 7) is 0. The Labute approximate surface area is 366 Å². The predicted octanol–water partition coefficient (Wildman–Crippen LogP) is 13.9. The summed E-state index contributed by atoms with van der Waals surface area (Å²) in [5, 5.41) is 2.58. The molecule has 0 amide bonds. The molecule has 2 heterocycles. The first-order chi connectivity index (χ1) is 30.7. The van der Waals surface area contributed by atoms with Crippen molar-refractivity contribution in [3.63, 3.8) is 0 Å². The van der Waals surface area contributed by atoms with Crippen molar-refractivity contribution >= 4 is 33.8 Å². The normalized spacial score (nSPS) is 12.6. The number of aromatic nitrogens is 3. The topological polar surface area (TPSA) is 38.7 Å². The van der Waals surface area contributed by atoms with Crippen LogP contribution in [0, 0.1) is 0 Å². The number of rotatable bonds is 7. The molecule has 1 aliphatic carbocycles. The van der Waals surface area contributed by atoms with E-state index in [0.29, 0.717) is 17.5 Å². The van der Waals surface area contributed by atoms with Crippen LogP contribution in [0.2, 0.25) is 0 Å². The Balaban J connectivity index is 1.07. The molecule has 12 rings (SSSR count). The smallest absolute Gasteiger partial charge is 0.0544 e. The number of hydrogen-bond acceptors (Lipinski definition) is 3. The fourth-order valence-corrected chi connectivity index (χ4v) is 12.2. The van der Waals surface area contributed by atoms with Gasteiger partial charge in [0.1, 0.15) is 0 Å². The van der Waals surface area contributed by atoms with Gasteiger partial charge in [0.05, 0.1) is 0 Å². The van der Waals surface area contributed by atoms with Gasteiger partial charge in [-0.2, -0.15) is 0 Å². The molecule has 290 valence electrons. The summed E-state index contributed by atoms with van der Waals surface area (Å²) >= 11 is 0.114. The average Bonchev–Trinajstić information content (AvgIpc) is 3.89. The zero-order valence-electron chi connectivity index (χ0n) is 33.6. The molecule has 0 saturated heterocycles. The van der Waals surface area contributed by atoms with Gasteiger partial charge < -0.3 is 0 Å². The minimum absolute atomic E-state index is 0.114. The summed E-state index contributed by atoms with van der Waals surface area (Å²) in [4.78, 5) is 16.2. The fourth-order valence-electron chi connectivity index (χ4n) is 9.67. The van der Waals surface area contributed by atoms with Crippen molar-refractivity contribution in [3.8, 4) is 67.5 Å². The minimum atomic E-state index is -0.536. The van der Waals surface area contributed by atoms with Crippen LogP contribution >= 0.6 is 0 Å². The standard InChI is InChI=1S/C58H37N3Se/c1-4-17-38(18-5-1)41-19-14-20-42(37-41)39-33-35-40(36-34-39)55-59-56(61-57(60-55)49-29-15-27-46-45-25-11-13-32-52(45)62-54(46)49)48-28-16-31-51-53(48)47-26-10-12-30-50(47)58(51,43-21-6-2-7-22-43)44-23-8-3-9-24-44/h1-37H. The molecule has 0 atom stereocenters. The maximum absolute atomic E-state index is 5.47. The molecule has 0 unspecified atom stereocenters. The molecular weight excluding hydrogens is 818 g/mol. The maximum Gasteiger partial charge on any atom is -0.0544 e. The van der Waals surface area contributed by atoms with E-state index in [1.54, 1.807) is 0 Å². The molecule has 4 heteroatoms. The van der Waals surface area contributed by atoms with E-state index >= 15 is 0 Å². The first-order valence-corrected chi connectivity index (χ1v) is 22.7. The molecule has 0 fully saturated rings. The molecule has 2 aromatic heterocycles. The molecule has 0 bridgehead atoms. The Hall–Kier alpha value is -7.49. The van der Waals surface area contributed by atoms with Gasteiger partial charge in [0.25, 0.3) is 0 Å². The van der Waals surface area contributed by atoms with Crippen LogP contribution in [-0.4, -0.2) is 29.5 Å². The molecule has 0 N–H and O–H groups in total. The van der Waals surface area contributed by atoms with Gasteiger partial charge in [-0.3, -0.25) is 0 Å². The Bertz CT molecular complexity index is 3410. The third-order valence-corrected chi connectivity index (χ3v) is 15.0. The van der Waals surface area contributed by atoms with Crippen molar-refractivity contribution in [2.75, 3.05) is 0 Å². The molecule has 1 aliphatic rings. The first kappa shape index (κ1) is 36.4. The second kappa shape index (κ2) is 14.9. The second-order valence-corrected chi connectivity index (χ2v) is 18.1. The summed E-state index contributed by atoms with van der Waals surface area (Å²) in [6, 6.07) is 80.8. The number of benzene rings is 9. The van der Waals surface area contributed by atoms with E-state index in [4.69, 9.17) is 15.0 Å². The Morgan fingerprint density at radius 2 is 0.806 bits per heavy atom. The zero-order valence-corrected chi connectivity index (χ0v) is 35.3. The molecule has 0 spiro atoms. The molecule has 11 aromatic rings. The van der Waals surface area contributed by atoms with Crippen molar-refractivity contribution in [1.82, 2.24) is 15.0 Å². The average molecular weight is 855 g/mol. The second-order valence-electron chi connectivity index (χ2n) is 15.9. The number of fused-ring (bicyclic) bond motifs is 6. The molecule has 0 saturated carbocycles. The van der Waals surface area contributed by atoms with Crippen LogP contribution in [0.15, 0.2) is 224 Å². The van der Waals surface area contributed by atoms with E-state index in [-0.39, 0.29) is 14.5 Å². The minimum Gasteiger partial charge on any atom is -0.0617 e. The molecule has 0 aliphatic heterocycles. The van der Waals surface area contributed by atoms with Crippen LogP contribution in [0.5, 0.6) is 0 Å². The largest absolute Gasteiger partial charge is 0.0617 e. The Kier molecular flexibility index (Phi) is 8.74. The maximum atomic E-state index is 5.47. The molecular formula is C58H37N3Se. The van der Waals surface area contributed by atoms with Gasteiger partial charge in [-0.15, -0.1) is 0 Å². The summed E-state index contributed by atoms with van der Waals surface area (Å²) in [7, 11) is 0. The fraction of sp³-hybridized carbons (Fsp3) is 0.0172. The van der Waals surface area contributed by atoms with E-state index in [0.717, 1.165) is 33.4 Å². The van der Waals surface area contributed by atoms with E-state index in [1.165, 1.54) is 58.2 Å². The first-order valence-electron chi connectivity index (χ1n) is 21.0. The summed E-state index contributed by atoms with van der Waals surface area (Å²) in [5.74, 6) is 2.00. The molecule has 0 radical (unpaired) electrons. The third kappa shape index (κ3) is 5.84. The van der Waals surface area contributed by atoms with Crippen LogP contribution in [0.4, 0.5) is 0 Å². The quantitative estimate of drug-likeness (QED) is 0.150. The SMILES string of the molecule is c1ccc(-c2cccc(-c3ccc(-c4nc(-c5cccc6c5-c5ccccc5C6(c5ccccc5)c5ccccc5)nc(-c5cccc6c5[se]c5ccccc56)n4)cc3)c2)cc1. The van der Waals surface area contributed by atoms with E-state index in [9.17, 15) is 0 Å². The van der Waals surface area contributed by atoms with Crippen molar-refractivity contribution in [2.45, 2.75) is 5.41 Å². The van der Waals surface area contributed by atoms with Crippen LogP contribution in [0.3, 0.4) is 0 Å². The summed E-state index contributed by atoms with van der Waals surface area (Å²) < 4.78 is 2.70. The van der Waals surface area contributed by atoms with Gasteiger partial charge in [0.15, 0.2) is 0 Å². The zero-order chi connectivity index (χ0) is 41.0. The van der Waals surface area contributed by atoms with Crippen molar-refractivity contribution in [2.24, 2.45) is 0 Å². The van der Waals surface area contributed by atoms with Gasteiger partial charge in [-0.25, -0.2) is 0 Å². The van der Waals surface area contributed by atoms with Crippen molar-refractivity contribution in [1.29, 1.82) is 0 Å². The monoisotopic (exact) mass is 855 g/mol. The van der Waals surface area contributed by atoms with E-state index < -0.39 is 5.41 Å². The van der Waals surface area contributed by atoms with E-state index in [1.807, 2.05) is 0 Å². The number of hydrogen-bond donors (Lipinski definition) is 0. The van der Waals surface area contributed by atoms with Gasteiger partial charge in [0, 0.05) is 0 Å². The van der Waals surface area contributed by atoms with Crippen molar-refractivity contribution < 1.29 is 0 Å². The molecule has 62 heavy (non-hydrogen) atoms. The van der Waals surface area contributed by atoms with Crippen LogP contribution in [0.1, 0.15) is 22.3 Å². The van der Waals surface area contributed by atoms with Crippen LogP contribution in [-0.2, 0) is 5.41 Å². The van der Waals surface area contributed by atoms with E-state index in [2.05, 4.69) is 224 Å². The molecule has 9 aromatic carbocycles. The van der Waals surface area contributed by atoms with Gasteiger partial charge >= 0.3 is 314 Å². The summed E-state index contributed by atoms with van der Waals surface area (Å²) in [6.07, 6.45) is 0. The van der Waals surface area contributed by atoms with Crippen LogP contribution < -0.4 is 0 Å². The third-order valence-electron chi connectivity index (χ3n) is 12.5. The van der Waals surface area contributed by atoms with Crippen LogP contribution in [0.25, 0.3) is 86.8 Å². The Morgan fingerprint density at radius 1 is 0.323 bits per heavy atom. The Morgan fingerprint density at radius 3 is 1.55 bits per heavy atom. The van der Waals surface area contributed by atoms with Gasteiger partial charge in [-0.1, -0.05) is 48.5 Å². The van der Waals surface area contributed by atoms with Gasteiger partial charge in [-0.05, 0) is 5.56 Å².